The molecule has 4 rings (SSSR count). The molecule has 0 aliphatic heterocycles. The Hall–Kier alpha value is -3.45. The van der Waals surface area contributed by atoms with Crippen LogP contribution in [0.25, 0.3) is 16.7 Å². The van der Waals surface area contributed by atoms with Crippen LogP contribution in [0, 0.1) is 6.92 Å². The highest BCUT2D eigenvalue weighted by Crippen LogP contribution is 2.22. The molecule has 1 amide bonds. The third-order valence-electron chi connectivity index (χ3n) is 4.41. The maximum Gasteiger partial charge on any atom is 0.264 e. The summed E-state index contributed by atoms with van der Waals surface area (Å²) in [6.45, 7) is 1.65. The summed E-state index contributed by atoms with van der Waals surface area (Å²) in [4.78, 5) is 29.5. The van der Waals surface area contributed by atoms with Gasteiger partial charge in [0.1, 0.15) is 18.3 Å². The smallest absolute Gasteiger partial charge is 0.264 e. The molecular formula is C20H16ClN5O2. The van der Waals surface area contributed by atoms with Crippen molar-refractivity contribution in [3.8, 4) is 5.69 Å². The number of halogens is 1. The summed E-state index contributed by atoms with van der Waals surface area (Å²) in [5.41, 5.74) is 2.29. The van der Waals surface area contributed by atoms with Crippen LogP contribution in [-0.2, 0) is 11.3 Å². The minimum absolute atomic E-state index is 0.162. The summed E-state index contributed by atoms with van der Waals surface area (Å²) in [5, 5.41) is 7.94. The van der Waals surface area contributed by atoms with Crippen molar-refractivity contribution in [3.63, 3.8) is 0 Å². The lowest BCUT2D eigenvalue weighted by Gasteiger charge is -2.10. The van der Waals surface area contributed by atoms with E-state index in [0.29, 0.717) is 21.7 Å². The van der Waals surface area contributed by atoms with Crippen LogP contribution in [0.3, 0.4) is 0 Å². The highest BCUT2D eigenvalue weighted by molar-refractivity contribution is 6.31. The van der Waals surface area contributed by atoms with Gasteiger partial charge in [-0.25, -0.2) is 9.67 Å². The minimum atomic E-state index is -0.343. The monoisotopic (exact) mass is 393 g/mol. The number of aromatic nitrogens is 4. The van der Waals surface area contributed by atoms with E-state index in [1.165, 1.54) is 17.1 Å². The maximum atomic E-state index is 12.8. The minimum Gasteiger partial charge on any atom is -0.324 e. The third-order valence-corrected chi connectivity index (χ3v) is 4.82. The van der Waals surface area contributed by atoms with Crippen LogP contribution in [0.2, 0.25) is 5.02 Å². The Balaban J connectivity index is 1.61. The highest BCUT2D eigenvalue weighted by atomic mass is 35.5. The molecule has 2 aromatic heterocycles. The molecule has 0 saturated carbocycles. The predicted octanol–water partition coefficient (Wildman–Crippen LogP) is 3.18. The van der Waals surface area contributed by atoms with Gasteiger partial charge in [-0.1, -0.05) is 35.9 Å². The predicted molar refractivity (Wildman–Crippen MR) is 108 cm³/mol. The van der Waals surface area contributed by atoms with Crippen molar-refractivity contribution in [1.29, 1.82) is 0 Å². The number of hydrogen-bond acceptors (Lipinski definition) is 4. The fourth-order valence-electron chi connectivity index (χ4n) is 2.91. The van der Waals surface area contributed by atoms with E-state index in [4.69, 9.17) is 11.6 Å². The summed E-state index contributed by atoms with van der Waals surface area (Å²) in [6, 6.07) is 14.7. The Kier molecular flexibility index (Phi) is 4.67. The van der Waals surface area contributed by atoms with Crippen LogP contribution < -0.4 is 10.9 Å². The van der Waals surface area contributed by atoms with E-state index in [1.807, 2.05) is 37.3 Å². The van der Waals surface area contributed by atoms with Gasteiger partial charge in [0.2, 0.25) is 5.91 Å². The Labute approximate surface area is 165 Å². The molecule has 0 bridgehead atoms. The lowest BCUT2D eigenvalue weighted by molar-refractivity contribution is -0.116. The van der Waals surface area contributed by atoms with Crippen molar-refractivity contribution in [2.75, 3.05) is 5.32 Å². The first-order chi connectivity index (χ1) is 13.5. The molecule has 8 heteroatoms. The van der Waals surface area contributed by atoms with E-state index in [9.17, 15) is 9.59 Å². The first-order valence-corrected chi connectivity index (χ1v) is 8.96. The summed E-state index contributed by atoms with van der Waals surface area (Å²) in [5.74, 6) is -0.343. The molecule has 0 spiro atoms. The van der Waals surface area contributed by atoms with Crippen LogP contribution >= 0.6 is 11.6 Å². The SMILES string of the molecule is Cc1c(Cl)cccc1NC(=O)Cn1cnc2c(cnn2-c2ccccc2)c1=O. The normalized spacial score (nSPS) is 10.9. The van der Waals surface area contributed by atoms with Gasteiger partial charge < -0.3 is 5.32 Å². The number of nitrogens with zero attached hydrogens (tertiary/aromatic N) is 4. The van der Waals surface area contributed by atoms with Gasteiger partial charge in [0, 0.05) is 10.7 Å². The topological polar surface area (TPSA) is 81.8 Å². The molecule has 2 aromatic carbocycles. The number of benzene rings is 2. The Morgan fingerprint density at radius 2 is 1.93 bits per heavy atom. The van der Waals surface area contributed by atoms with Gasteiger partial charge in [-0.15, -0.1) is 0 Å². The second-order valence-electron chi connectivity index (χ2n) is 6.27. The van der Waals surface area contributed by atoms with Gasteiger partial charge >= 0.3 is 0 Å². The van der Waals surface area contributed by atoms with Crippen molar-refractivity contribution >= 4 is 34.2 Å². The zero-order valence-corrected chi connectivity index (χ0v) is 15.7. The number of carbonyl (C=O) groups is 1. The molecule has 0 unspecified atom stereocenters. The number of anilines is 1. The molecule has 0 aliphatic carbocycles. The van der Waals surface area contributed by atoms with E-state index in [1.54, 1.807) is 22.9 Å². The van der Waals surface area contributed by atoms with Crippen molar-refractivity contribution in [1.82, 2.24) is 19.3 Å². The zero-order chi connectivity index (χ0) is 19.7. The molecular weight excluding hydrogens is 378 g/mol. The Bertz CT molecular complexity index is 1230. The zero-order valence-electron chi connectivity index (χ0n) is 15.0. The quantitative estimate of drug-likeness (QED) is 0.577. The van der Waals surface area contributed by atoms with E-state index < -0.39 is 0 Å². The van der Waals surface area contributed by atoms with Crippen LogP contribution in [0.1, 0.15) is 5.56 Å². The second kappa shape index (κ2) is 7.28. The molecule has 4 aromatic rings. The molecule has 0 aliphatic rings. The van der Waals surface area contributed by atoms with Gasteiger partial charge in [0.25, 0.3) is 5.56 Å². The van der Waals surface area contributed by atoms with Crippen molar-refractivity contribution in [3.05, 3.63) is 82.0 Å². The van der Waals surface area contributed by atoms with Gasteiger partial charge in [-0.2, -0.15) is 5.10 Å². The lowest BCUT2D eigenvalue weighted by atomic mass is 10.2. The molecule has 0 saturated heterocycles. The first kappa shape index (κ1) is 17.9. The molecule has 0 radical (unpaired) electrons. The molecule has 1 N–H and O–H groups in total. The average molecular weight is 394 g/mol. The standard InChI is InChI=1S/C20H16ClN5O2/c1-13-16(21)8-5-9-17(13)24-18(27)11-25-12-22-19-15(20(25)28)10-23-26(19)14-6-3-2-4-7-14/h2-10,12H,11H2,1H3,(H,24,27). The molecule has 0 fully saturated rings. The third kappa shape index (κ3) is 3.27. The Morgan fingerprint density at radius 3 is 2.71 bits per heavy atom. The summed E-state index contributed by atoms with van der Waals surface area (Å²) in [6.07, 6.45) is 2.82. The summed E-state index contributed by atoms with van der Waals surface area (Å²) < 4.78 is 2.85. The van der Waals surface area contributed by atoms with Gasteiger partial charge in [-0.05, 0) is 36.8 Å². The maximum absolute atomic E-state index is 12.8. The lowest BCUT2D eigenvalue weighted by Crippen LogP contribution is -2.28. The van der Waals surface area contributed by atoms with E-state index in [0.717, 1.165) is 11.3 Å². The number of nitrogens with one attached hydrogen (secondary N) is 1. The van der Waals surface area contributed by atoms with E-state index >= 15 is 0 Å². The highest BCUT2D eigenvalue weighted by Gasteiger charge is 2.14. The van der Waals surface area contributed by atoms with Gasteiger partial charge in [0.15, 0.2) is 5.65 Å². The number of hydrogen-bond donors (Lipinski definition) is 1. The summed E-state index contributed by atoms with van der Waals surface area (Å²) in [7, 11) is 0. The van der Waals surface area contributed by atoms with Crippen LogP contribution in [0.15, 0.2) is 65.8 Å². The second-order valence-corrected chi connectivity index (χ2v) is 6.67. The number of rotatable bonds is 4. The molecule has 0 atom stereocenters. The molecule has 140 valence electrons. The molecule has 2 heterocycles. The van der Waals surface area contributed by atoms with Crippen LogP contribution in [-0.4, -0.2) is 25.2 Å². The fraction of sp³-hybridized carbons (Fsp3) is 0.100. The van der Waals surface area contributed by atoms with Crippen molar-refractivity contribution < 1.29 is 4.79 Å². The van der Waals surface area contributed by atoms with Gasteiger partial charge in [0.05, 0.1) is 11.9 Å². The van der Waals surface area contributed by atoms with Crippen molar-refractivity contribution in [2.24, 2.45) is 0 Å². The first-order valence-electron chi connectivity index (χ1n) is 8.58. The van der Waals surface area contributed by atoms with E-state index in [2.05, 4.69) is 15.4 Å². The fourth-order valence-corrected chi connectivity index (χ4v) is 3.08. The number of amides is 1. The average Bonchev–Trinajstić information content (AvgIpc) is 3.13. The van der Waals surface area contributed by atoms with Gasteiger partial charge in [-0.3, -0.25) is 14.2 Å². The molecule has 28 heavy (non-hydrogen) atoms. The molecule has 7 nitrogen and oxygen atoms in total. The Morgan fingerprint density at radius 1 is 1.14 bits per heavy atom. The van der Waals surface area contributed by atoms with Crippen LogP contribution in [0.5, 0.6) is 0 Å². The summed E-state index contributed by atoms with van der Waals surface area (Å²) >= 11 is 6.08. The number of fused-ring (bicyclic) bond motifs is 1. The largest absolute Gasteiger partial charge is 0.324 e. The number of carbonyl (C=O) groups excluding carboxylic acids is 1. The van der Waals surface area contributed by atoms with Crippen LogP contribution in [0.4, 0.5) is 5.69 Å². The number of para-hydroxylation sites is 1. The van der Waals surface area contributed by atoms with Crippen molar-refractivity contribution in [2.45, 2.75) is 13.5 Å². The van der Waals surface area contributed by atoms with E-state index in [-0.39, 0.29) is 18.0 Å².